The Balaban J connectivity index is 1.86. The van der Waals surface area contributed by atoms with E-state index in [1.807, 2.05) is 0 Å². The van der Waals surface area contributed by atoms with Gasteiger partial charge in [0.05, 0.1) is 10.4 Å². The van der Waals surface area contributed by atoms with Crippen molar-refractivity contribution in [2.45, 2.75) is 23.2 Å². The van der Waals surface area contributed by atoms with Crippen molar-refractivity contribution in [3.05, 3.63) is 59.9 Å². The average molecular weight is 403 g/mol. The number of nitrogens with one attached hydrogen (secondary N) is 3. The van der Waals surface area contributed by atoms with E-state index in [1.165, 1.54) is 12.1 Å². The molecular formula is C17H17F4N3O2S. The second-order valence-corrected chi connectivity index (χ2v) is 7.98. The summed E-state index contributed by atoms with van der Waals surface area (Å²) in [6, 6.07) is 10.0. The van der Waals surface area contributed by atoms with E-state index in [9.17, 15) is 21.8 Å². The lowest BCUT2D eigenvalue weighted by atomic mass is 9.90. The zero-order valence-corrected chi connectivity index (χ0v) is 14.8. The summed E-state index contributed by atoms with van der Waals surface area (Å²) in [5, 5.41) is 3.13. The lowest BCUT2D eigenvalue weighted by molar-refractivity contribution is -0.274. The minimum atomic E-state index is -4.83. The van der Waals surface area contributed by atoms with Gasteiger partial charge < -0.3 is 10.1 Å². The lowest BCUT2D eigenvalue weighted by Crippen LogP contribution is -2.46. The van der Waals surface area contributed by atoms with E-state index < -0.39 is 33.4 Å². The maximum absolute atomic E-state index is 13.2. The SMILES string of the molecule is N=[S@](=O)(N[C@@]1(c2ccc(F)cc2)CCNC1)c1ccc(OC(F)(F)F)cc1. The second kappa shape index (κ2) is 7.10. The van der Waals surface area contributed by atoms with Crippen LogP contribution in [0.2, 0.25) is 0 Å². The van der Waals surface area contributed by atoms with Crippen LogP contribution in [0.3, 0.4) is 0 Å². The molecule has 0 aliphatic carbocycles. The molecule has 5 nitrogen and oxygen atoms in total. The molecule has 1 saturated heterocycles. The molecule has 1 fully saturated rings. The van der Waals surface area contributed by atoms with E-state index in [-0.39, 0.29) is 4.90 Å². The van der Waals surface area contributed by atoms with Gasteiger partial charge in [-0.2, -0.15) is 0 Å². The van der Waals surface area contributed by atoms with E-state index in [2.05, 4.69) is 14.8 Å². The molecule has 0 aromatic heterocycles. The van der Waals surface area contributed by atoms with Gasteiger partial charge in [-0.15, -0.1) is 13.2 Å². The smallest absolute Gasteiger partial charge is 0.406 e. The average Bonchev–Trinajstić information content (AvgIpc) is 3.03. The van der Waals surface area contributed by atoms with Gasteiger partial charge in [0.15, 0.2) is 0 Å². The van der Waals surface area contributed by atoms with Crippen molar-refractivity contribution in [3.63, 3.8) is 0 Å². The molecule has 1 heterocycles. The summed E-state index contributed by atoms with van der Waals surface area (Å²) in [5.74, 6) is -0.871. The van der Waals surface area contributed by atoms with Gasteiger partial charge in [0.1, 0.15) is 21.5 Å². The highest BCUT2D eigenvalue weighted by atomic mass is 32.2. The molecule has 146 valence electrons. The highest BCUT2D eigenvalue weighted by Crippen LogP contribution is 2.31. The monoisotopic (exact) mass is 403 g/mol. The first-order chi connectivity index (χ1) is 12.6. The molecule has 0 unspecified atom stereocenters. The normalized spacial score (nSPS) is 22.4. The quantitative estimate of drug-likeness (QED) is 0.669. The third-order valence-electron chi connectivity index (χ3n) is 4.28. The van der Waals surface area contributed by atoms with Crippen molar-refractivity contribution in [2.75, 3.05) is 13.1 Å². The van der Waals surface area contributed by atoms with Gasteiger partial charge in [0, 0.05) is 6.54 Å². The Morgan fingerprint density at radius 1 is 1.11 bits per heavy atom. The third-order valence-corrected chi connectivity index (χ3v) is 5.89. The van der Waals surface area contributed by atoms with Gasteiger partial charge in [0.25, 0.3) is 0 Å². The summed E-state index contributed by atoms with van der Waals surface area (Å²) < 4.78 is 77.8. The Hall–Kier alpha value is -2.17. The van der Waals surface area contributed by atoms with Crippen LogP contribution >= 0.6 is 0 Å². The Kier molecular flexibility index (Phi) is 5.15. The summed E-state index contributed by atoms with van der Waals surface area (Å²) >= 11 is 0. The summed E-state index contributed by atoms with van der Waals surface area (Å²) in [5.41, 5.74) is -0.181. The van der Waals surface area contributed by atoms with Gasteiger partial charge in [0.2, 0.25) is 0 Å². The number of hydrogen-bond acceptors (Lipinski definition) is 4. The van der Waals surface area contributed by atoms with Crippen LogP contribution in [0.5, 0.6) is 5.75 Å². The Labute approximate surface area is 153 Å². The minimum Gasteiger partial charge on any atom is -0.406 e. The van der Waals surface area contributed by atoms with Gasteiger partial charge in [-0.1, -0.05) is 12.1 Å². The van der Waals surface area contributed by atoms with Crippen LogP contribution in [0.15, 0.2) is 53.4 Å². The molecule has 1 aliphatic rings. The second-order valence-electron chi connectivity index (χ2n) is 6.19. The van der Waals surface area contributed by atoms with Crippen molar-refractivity contribution >= 4 is 9.92 Å². The highest BCUT2D eigenvalue weighted by Gasteiger charge is 2.38. The van der Waals surface area contributed by atoms with E-state index >= 15 is 0 Å². The van der Waals surface area contributed by atoms with Crippen LogP contribution in [-0.4, -0.2) is 23.7 Å². The molecule has 3 N–H and O–H groups in total. The fourth-order valence-electron chi connectivity index (χ4n) is 3.02. The van der Waals surface area contributed by atoms with Crippen LogP contribution in [0.25, 0.3) is 0 Å². The minimum absolute atomic E-state index is 0.0189. The van der Waals surface area contributed by atoms with E-state index in [0.29, 0.717) is 25.1 Å². The fourth-order valence-corrected chi connectivity index (χ4v) is 4.50. The van der Waals surface area contributed by atoms with Crippen molar-refractivity contribution in [2.24, 2.45) is 0 Å². The van der Waals surface area contributed by atoms with Gasteiger partial charge in [-0.05, 0) is 54.9 Å². The van der Waals surface area contributed by atoms with Gasteiger partial charge in [-0.25, -0.2) is 18.1 Å². The molecule has 27 heavy (non-hydrogen) atoms. The summed E-state index contributed by atoms with van der Waals surface area (Å²) in [4.78, 5) is 0.0189. The van der Waals surface area contributed by atoms with Crippen LogP contribution in [-0.2, 0) is 15.5 Å². The molecule has 0 radical (unpaired) electrons. The summed E-state index contributed by atoms with van der Waals surface area (Å²) in [7, 11) is -3.54. The number of halogens is 4. The maximum atomic E-state index is 13.2. The zero-order valence-electron chi connectivity index (χ0n) is 14.0. The van der Waals surface area contributed by atoms with Crippen molar-refractivity contribution in [1.29, 1.82) is 4.78 Å². The first-order valence-electron chi connectivity index (χ1n) is 8.00. The summed E-state index contributed by atoms with van der Waals surface area (Å²) in [6.07, 6.45) is -4.31. The van der Waals surface area contributed by atoms with Crippen LogP contribution in [0.1, 0.15) is 12.0 Å². The molecule has 2 aromatic rings. The molecule has 3 rings (SSSR count). The molecule has 2 aromatic carbocycles. The molecule has 10 heteroatoms. The van der Waals surface area contributed by atoms with Crippen LogP contribution in [0, 0.1) is 10.6 Å². The highest BCUT2D eigenvalue weighted by molar-refractivity contribution is 7.90. The van der Waals surface area contributed by atoms with Crippen molar-refractivity contribution in [1.82, 2.24) is 10.0 Å². The maximum Gasteiger partial charge on any atom is 0.573 e. The number of hydrogen-bond donors (Lipinski definition) is 3. The molecule has 1 aliphatic heterocycles. The predicted molar refractivity (Wildman–Crippen MR) is 91.0 cm³/mol. The van der Waals surface area contributed by atoms with Crippen molar-refractivity contribution < 1.29 is 26.5 Å². The third kappa shape index (κ3) is 4.57. The standard InChI is InChI=1S/C17H17F4N3O2S/c18-13-3-1-12(2-4-13)16(9-10-23-11-16)24-27(22,25)15-7-5-14(6-8-15)26-17(19,20)21/h1-8,23H,9-11H2,(H2,22,24,25)/t16-,27-/m0/s1. The Bertz CT molecular complexity index is 891. The van der Waals surface area contributed by atoms with E-state index in [1.54, 1.807) is 12.1 Å². The first kappa shape index (κ1) is 19.6. The molecular weight excluding hydrogens is 386 g/mol. The summed E-state index contributed by atoms with van der Waals surface area (Å²) in [6.45, 7) is 0.988. The molecule has 0 spiro atoms. The van der Waals surface area contributed by atoms with Gasteiger partial charge in [-0.3, -0.25) is 0 Å². The number of alkyl halides is 3. The Morgan fingerprint density at radius 3 is 2.26 bits per heavy atom. The van der Waals surface area contributed by atoms with E-state index in [0.717, 1.165) is 24.3 Å². The molecule has 0 saturated carbocycles. The zero-order chi connectivity index (χ0) is 19.7. The van der Waals surface area contributed by atoms with Crippen LogP contribution in [0.4, 0.5) is 17.6 Å². The van der Waals surface area contributed by atoms with E-state index in [4.69, 9.17) is 4.78 Å². The first-order valence-corrected chi connectivity index (χ1v) is 9.56. The molecule has 0 bridgehead atoms. The fraction of sp³-hybridized carbons (Fsp3) is 0.294. The number of benzene rings is 2. The molecule has 0 amide bonds. The number of rotatable bonds is 5. The topological polar surface area (TPSA) is 74.2 Å². The largest absolute Gasteiger partial charge is 0.573 e. The molecule has 2 atom stereocenters. The predicted octanol–water partition coefficient (Wildman–Crippen LogP) is 3.52. The van der Waals surface area contributed by atoms with Gasteiger partial charge >= 0.3 is 6.36 Å². The number of ether oxygens (including phenoxy) is 1. The van der Waals surface area contributed by atoms with Crippen molar-refractivity contribution in [3.8, 4) is 5.75 Å². The lowest BCUT2D eigenvalue weighted by Gasteiger charge is -2.31. The van der Waals surface area contributed by atoms with Crippen LogP contribution < -0.4 is 14.8 Å². The Morgan fingerprint density at radius 2 is 1.74 bits per heavy atom.